The second-order valence-electron chi connectivity index (χ2n) is 4.37. The van der Waals surface area contributed by atoms with Gasteiger partial charge in [-0.1, -0.05) is 37.3 Å². The van der Waals surface area contributed by atoms with E-state index in [1.54, 1.807) is 0 Å². The molecular formula is C15H21N3O. The zero-order valence-electron chi connectivity index (χ0n) is 11.6. The van der Waals surface area contributed by atoms with Gasteiger partial charge in [0.15, 0.2) is 0 Å². The van der Waals surface area contributed by atoms with Crippen LogP contribution in [0.25, 0.3) is 0 Å². The van der Waals surface area contributed by atoms with Gasteiger partial charge in [-0.3, -0.25) is 9.69 Å². The van der Waals surface area contributed by atoms with Gasteiger partial charge in [-0.25, -0.2) is 0 Å². The Hall–Kier alpha value is -1.86. The van der Waals surface area contributed by atoms with E-state index in [4.69, 9.17) is 0 Å². The molecule has 1 unspecified atom stereocenters. The summed E-state index contributed by atoms with van der Waals surface area (Å²) in [5.74, 6) is -0.190. The van der Waals surface area contributed by atoms with Crippen molar-refractivity contribution in [2.24, 2.45) is 0 Å². The molecule has 0 aliphatic rings. The van der Waals surface area contributed by atoms with Crippen LogP contribution < -0.4 is 5.32 Å². The van der Waals surface area contributed by atoms with Crippen molar-refractivity contribution in [3.05, 3.63) is 35.9 Å². The molecule has 0 bridgehead atoms. The average Bonchev–Trinajstić information content (AvgIpc) is 2.44. The van der Waals surface area contributed by atoms with Crippen LogP contribution in [-0.2, 0) is 4.79 Å². The second-order valence-corrected chi connectivity index (χ2v) is 4.37. The Labute approximate surface area is 115 Å². The van der Waals surface area contributed by atoms with E-state index in [0.29, 0.717) is 19.6 Å². The molecule has 102 valence electrons. The van der Waals surface area contributed by atoms with Gasteiger partial charge in [0.2, 0.25) is 5.91 Å². The van der Waals surface area contributed by atoms with Crippen molar-refractivity contribution >= 4 is 5.91 Å². The molecule has 0 fully saturated rings. The maximum Gasteiger partial charge on any atom is 0.234 e. The van der Waals surface area contributed by atoms with E-state index in [9.17, 15) is 10.1 Å². The Morgan fingerprint density at radius 1 is 1.37 bits per heavy atom. The monoisotopic (exact) mass is 259 g/mol. The standard InChI is InChI=1S/C15H21N3O/c1-3-17-15(19)12-18(4-2)11-14(10-16)13-8-6-5-7-9-13/h5-9,14H,3-4,11-12H2,1-2H3,(H,17,19). The molecule has 0 saturated heterocycles. The highest BCUT2D eigenvalue weighted by Crippen LogP contribution is 2.15. The molecule has 1 rings (SSSR count). The van der Waals surface area contributed by atoms with Gasteiger partial charge in [-0.15, -0.1) is 0 Å². The van der Waals surface area contributed by atoms with E-state index >= 15 is 0 Å². The van der Waals surface area contributed by atoms with E-state index in [1.165, 1.54) is 0 Å². The smallest absolute Gasteiger partial charge is 0.234 e. The maximum absolute atomic E-state index is 11.6. The number of likely N-dealkylation sites (N-methyl/N-ethyl adjacent to an activating group) is 2. The van der Waals surface area contributed by atoms with Crippen LogP contribution >= 0.6 is 0 Å². The molecule has 0 spiro atoms. The number of carbonyl (C=O) groups is 1. The van der Waals surface area contributed by atoms with Gasteiger partial charge < -0.3 is 5.32 Å². The van der Waals surface area contributed by atoms with Crippen LogP contribution in [0.3, 0.4) is 0 Å². The van der Waals surface area contributed by atoms with Crippen LogP contribution in [0.1, 0.15) is 25.3 Å². The van der Waals surface area contributed by atoms with Gasteiger partial charge in [0, 0.05) is 13.1 Å². The summed E-state index contributed by atoms with van der Waals surface area (Å²) in [4.78, 5) is 13.6. The number of amides is 1. The lowest BCUT2D eigenvalue weighted by Crippen LogP contribution is -2.38. The third kappa shape index (κ3) is 5.11. The lowest BCUT2D eigenvalue weighted by molar-refractivity contribution is -0.122. The lowest BCUT2D eigenvalue weighted by atomic mass is 10.00. The number of nitriles is 1. The fraction of sp³-hybridized carbons (Fsp3) is 0.467. The van der Waals surface area contributed by atoms with Gasteiger partial charge in [0.05, 0.1) is 18.5 Å². The van der Waals surface area contributed by atoms with E-state index in [1.807, 2.05) is 49.1 Å². The number of nitrogens with one attached hydrogen (secondary N) is 1. The maximum atomic E-state index is 11.6. The summed E-state index contributed by atoms with van der Waals surface area (Å²) in [7, 11) is 0. The van der Waals surface area contributed by atoms with E-state index in [-0.39, 0.29) is 11.8 Å². The number of carbonyl (C=O) groups excluding carboxylic acids is 1. The molecule has 19 heavy (non-hydrogen) atoms. The Bertz CT molecular complexity index is 425. The highest BCUT2D eigenvalue weighted by molar-refractivity contribution is 5.77. The molecule has 1 aromatic carbocycles. The summed E-state index contributed by atoms with van der Waals surface area (Å²) in [6.45, 7) is 6.21. The first-order valence-corrected chi connectivity index (χ1v) is 6.64. The second kappa shape index (κ2) is 8.28. The van der Waals surface area contributed by atoms with Gasteiger partial charge in [0.25, 0.3) is 0 Å². The molecular weight excluding hydrogens is 238 g/mol. The van der Waals surface area contributed by atoms with Crippen LogP contribution in [0.2, 0.25) is 0 Å². The van der Waals surface area contributed by atoms with Gasteiger partial charge in [-0.05, 0) is 19.0 Å². The summed E-state index contributed by atoms with van der Waals surface area (Å²) in [5.41, 5.74) is 0.999. The molecule has 1 N–H and O–H groups in total. The predicted molar refractivity (Wildman–Crippen MR) is 75.6 cm³/mol. The van der Waals surface area contributed by atoms with E-state index in [0.717, 1.165) is 12.1 Å². The summed E-state index contributed by atoms with van der Waals surface area (Å²) in [6.07, 6.45) is 0. The predicted octanol–water partition coefficient (Wildman–Crippen LogP) is 1.75. The van der Waals surface area contributed by atoms with Crippen molar-refractivity contribution in [2.45, 2.75) is 19.8 Å². The zero-order chi connectivity index (χ0) is 14.1. The van der Waals surface area contributed by atoms with Gasteiger partial charge in [-0.2, -0.15) is 5.26 Å². The molecule has 0 aliphatic carbocycles. The largest absolute Gasteiger partial charge is 0.355 e. The van der Waals surface area contributed by atoms with Crippen LogP contribution in [0.15, 0.2) is 30.3 Å². The molecule has 0 heterocycles. The first kappa shape index (κ1) is 15.2. The zero-order valence-corrected chi connectivity index (χ0v) is 11.6. The lowest BCUT2D eigenvalue weighted by Gasteiger charge is -2.22. The van der Waals surface area contributed by atoms with Crippen molar-refractivity contribution in [3.63, 3.8) is 0 Å². The Morgan fingerprint density at radius 2 is 2.05 bits per heavy atom. The number of benzene rings is 1. The molecule has 1 amide bonds. The van der Waals surface area contributed by atoms with Crippen molar-refractivity contribution in [3.8, 4) is 6.07 Å². The minimum Gasteiger partial charge on any atom is -0.355 e. The average molecular weight is 259 g/mol. The van der Waals surface area contributed by atoms with Crippen molar-refractivity contribution in [2.75, 3.05) is 26.2 Å². The molecule has 4 nitrogen and oxygen atoms in total. The summed E-state index contributed by atoms with van der Waals surface area (Å²) in [5, 5.41) is 12.1. The highest BCUT2D eigenvalue weighted by Gasteiger charge is 2.16. The first-order valence-electron chi connectivity index (χ1n) is 6.64. The first-order chi connectivity index (χ1) is 9.21. The topological polar surface area (TPSA) is 56.1 Å². The van der Waals surface area contributed by atoms with E-state index in [2.05, 4.69) is 11.4 Å². The fourth-order valence-corrected chi connectivity index (χ4v) is 1.93. The number of hydrogen-bond donors (Lipinski definition) is 1. The summed E-state index contributed by atoms with van der Waals surface area (Å²) < 4.78 is 0. The highest BCUT2D eigenvalue weighted by atomic mass is 16.2. The third-order valence-electron chi connectivity index (χ3n) is 2.99. The number of hydrogen-bond acceptors (Lipinski definition) is 3. The quantitative estimate of drug-likeness (QED) is 0.811. The number of nitrogens with zero attached hydrogens (tertiary/aromatic N) is 2. The molecule has 0 aromatic heterocycles. The van der Waals surface area contributed by atoms with Crippen LogP contribution in [0.5, 0.6) is 0 Å². The SMILES string of the molecule is CCNC(=O)CN(CC)CC(C#N)c1ccccc1. The Kier molecular flexibility index (Phi) is 6.62. The summed E-state index contributed by atoms with van der Waals surface area (Å²) in [6, 6.07) is 12.0. The molecule has 0 aliphatic heterocycles. The number of rotatable bonds is 7. The Morgan fingerprint density at radius 3 is 2.58 bits per heavy atom. The van der Waals surface area contributed by atoms with Crippen molar-refractivity contribution < 1.29 is 4.79 Å². The van der Waals surface area contributed by atoms with Crippen LogP contribution in [0, 0.1) is 11.3 Å². The molecule has 1 aromatic rings. The van der Waals surface area contributed by atoms with Crippen molar-refractivity contribution in [1.82, 2.24) is 10.2 Å². The molecule has 0 radical (unpaired) electrons. The minimum atomic E-state index is -0.199. The van der Waals surface area contributed by atoms with Gasteiger partial charge >= 0.3 is 0 Å². The normalized spacial score (nSPS) is 11.9. The van der Waals surface area contributed by atoms with Crippen LogP contribution in [-0.4, -0.2) is 37.0 Å². The Balaban J connectivity index is 2.63. The van der Waals surface area contributed by atoms with Gasteiger partial charge in [0.1, 0.15) is 0 Å². The summed E-state index contributed by atoms with van der Waals surface area (Å²) >= 11 is 0. The minimum absolute atomic E-state index is 0.00843. The molecule has 0 saturated carbocycles. The fourth-order valence-electron chi connectivity index (χ4n) is 1.93. The molecule has 1 atom stereocenters. The van der Waals surface area contributed by atoms with Crippen molar-refractivity contribution in [1.29, 1.82) is 5.26 Å². The third-order valence-corrected chi connectivity index (χ3v) is 2.99. The van der Waals surface area contributed by atoms with E-state index < -0.39 is 0 Å². The van der Waals surface area contributed by atoms with Crippen LogP contribution in [0.4, 0.5) is 0 Å². The molecule has 4 heteroatoms.